The Labute approximate surface area is 119 Å². The van der Waals surface area contributed by atoms with Crippen molar-refractivity contribution in [2.45, 2.75) is 43.3 Å². The van der Waals surface area contributed by atoms with E-state index in [-0.39, 0.29) is 0 Å². The van der Waals surface area contributed by atoms with Crippen LogP contribution in [-0.2, 0) is 27.8 Å². The van der Waals surface area contributed by atoms with E-state index in [1.807, 2.05) is 13.0 Å². The molecule has 5 nitrogen and oxygen atoms in total. The average molecular weight is 296 g/mol. The van der Waals surface area contributed by atoms with Crippen molar-refractivity contribution in [3.8, 4) is 0 Å². The minimum Gasteiger partial charge on any atom is -0.381 e. The number of sulfonamides is 1. The van der Waals surface area contributed by atoms with Crippen LogP contribution >= 0.6 is 0 Å². The van der Waals surface area contributed by atoms with Crippen molar-refractivity contribution >= 4 is 10.0 Å². The molecule has 0 bridgehead atoms. The summed E-state index contributed by atoms with van der Waals surface area (Å²) in [6.45, 7) is 4.71. The van der Waals surface area contributed by atoms with Crippen LogP contribution in [0.15, 0.2) is 23.1 Å². The minimum absolute atomic E-state index is 0.354. The molecule has 0 amide bonds. The Hall–Kier alpha value is -0.950. The summed E-state index contributed by atoms with van der Waals surface area (Å²) in [5.41, 5.74) is 1.85. The molecule has 1 aromatic rings. The highest BCUT2D eigenvalue weighted by Crippen LogP contribution is 2.25. The lowest BCUT2D eigenvalue weighted by atomic mass is 9.94. The van der Waals surface area contributed by atoms with Gasteiger partial charge >= 0.3 is 0 Å². The molecule has 2 N–H and O–H groups in total. The lowest BCUT2D eigenvalue weighted by molar-refractivity contribution is 0.0537. The monoisotopic (exact) mass is 296 g/mol. The fraction of sp³-hybridized carbons (Fsp3) is 0.571. The van der Waals surface area contributed by atoms with Crippen LogP contribution in [-0.4, -0.2) is 27.2 Å². The van der Waals surface area contributed by atoms with E-state index in [0.29, 0.717) is 31.0 Å². The molecule has 2 aliphatic heterocycles. The van der Waals surface area contributed by atoms with E-state index in [4.69, 9.17) is 4.74 Å². The van der Waals surface area contributed by atoms with Crippen LogP contribution in [0.2, 0.25) is 0 Å². The molecule has 6 heteroatoms. The number of fused-ring (bicyclic) bond motifs is 1. The Morgan fingerprint density at radius 2 is 1.90 bits per heavy atom. The van der Waals surface area contributed by atoms with E-state index in [1.54, 1.807) is 12.1 Å². The van der Waals surface area contributed by atoms with Gasteiger partial charge in [-0.15, -0.1) is 0 Å². The first-order valence-electron chi connectivity index (χ1n) is 6.93. The Kier molecular flexibility index (Phi) is 3.58. The molecule has 0 aromatic heterocycles. The number of benzene rings is 1. The van der Waals surface area contributed by atoms with Crippen LogP contribution in [0.25, 0.3) is 0 Å². The summed E-state index contributed by atoms with van der Waals surface area (Å²) in [7, 11) is -3.47. The largest absolute Gasteiger partial charge is 0.381 e. The van der Waals surface area contributed by atoms with Gasteiger partial charge in [0.15, 0.2) is 0 Å². The second-order valence-electron chi connectivity index (χ2n) is 5.81. The van der Waals surface area contributed by atoms with Gasteiger partial charge in [-0.05, 0) is 43.0 Å². The van der Waals surface area contributed by atoms with Crippen molar-refractivity contribution in [1.82, 2.24) is 10.0 Å². The lowest BCUT2D eigenvalue weighted by Gasteiger charge is -2.34. The number of nitrogens with one attached hydrogen (secondary N) is 2. The molecule has 3 rings (SSSR count). The van der Waals surface area contributed by atoms with Gasteiger partial charge in [0.05, 0.1) is 4.90 Å². The summed E-state index contributed by atoms with van der Waals surface area (Å²) in [5.74, 6) is 0. The predicted octanol–water partition coefficient (Wildman–Crippen LogP) is 1.14. The van der Waals surface area contributed by atoms with Crippen molar-refractivity contribution in [2.24, 2.45) is 0 Å². The SMILES string of the molecule is CC1(NS(=O)(=O)c2ccc3c(c2)CNC3)CCOCC1. The van der Waals surface area contributed by atoms with Gasteiger partial charge in [-0.25, -0.2) is 13.1 Å². The molecule has 0 radical (unpaired) electrons. The molecule has 2 heterocycles. The smallest absolute Gasteiger partial charge is 0.241 e. The van der Waals surface area contributed by atoms with Gasteiger partial charge in [0, 0.05) is 31.8 Å². The van der Waals surface area contributed by atoms with Gasteiger partial charge in [-0.3, -0.25) is 0 Å². The van der Waals surface area contributed by atoms with Gasteiger partial charge in [0.2, 0.25) is 10.0 Å². The third kappa shape index (κ3) is 2.74. The normalized spacial score (nSPS) is 21.6. The lowest BCUT2D eigenvalue weighted by Crippen LogP contribution is -2.49. The van der Waals surface area contributed by atoms with E-state index in [1.165, 1.54) is 5.56 Å². The van der Waals surface area contributed by atoms with Crippen LogP contribution in [0.3, 0.4) is 0 Å². The summed E-state index contributed by atoms with van der Waals surface area (Å²) in [6, 6.07) is 5.37. The van der Waals surface area contributed by atoms with E-state index in [0.717, 1.165) is 18.7 Å². The van der Waals surface area contributed by atoms with Crippen molar-refractivity contribution in [3.05, 3.63) is 29.3 Å². The topological polar surface area (TPSA) is 67.4 Å². The van der Waals surface area contributed by atoms with E-state index >= 15 is 0 Å². The minimum atomic E-state index is -3.47. The van der Waals surface area contributed by atoms with Gasteiger partial charge in [-0.2, -0.15) is 0 Å². The summed E-state index contributed by atoms with van der Waals surface area (Å²) >= 11 is 0. The van der Waals surface area contributed by atoms with Crippen molar-refractivity contribution < 1.29 is 13.2 Å². The molecule has 0 aliphatic carbocycles. The highest BCUT2D eigenvalue weighted by molar-refractivity contribution is 7.89. The molecule has 1 aromatic carbocycles. The summed E-state index contributed by atoms with van der Waals surface area (Å²) < 4.78 is 33.2. The number of rotatable bonds is 3. The molecule has 2 aliphatic rings. The van der Waals surface area contributed by atoms with Gasteiger partial charge in [0.1, 0.15) is 0 Å². The zero-order valence-electron chi connectivity index (χ0n) is 11.6. The zero-order chi connectivity index (χ0) is 14.2. The first kappa shape index (κ1) is 14.0. The Bertz CT molecular complexity index is 607. The molecular weight excluding hydrogens is 276 g/mol. The number of hydrogen-bond acceptors (Lipinski definition) is 4. The fourth-order valence-electron chi connectivity index (χ4n) is 2.75. The highest BCUT2D eigenvalue weighted by Gasteiger charge is 2.32. The third-order valence-corrected chi connectivity index (χ3v) is 5.73. The highest BCUT2D eigenvalue weighted by atomic mass is 32.2. The molecular formula is C14H20N2O3S. The third-order valence-electron chi connectivity index (χ3n) is 4.10. The number of hydrogen-bond donors (Lipinski definition) is 2. The molecule has 20 heavy (non-hydrogen) atoms. The van der Waals surface area contributed by atoms with Crippen molar-refractivity contribution in [3.63, 3.8) is 0 Å². The molecule has 1 saturated heterocycles. The first-order valence-corrected chi connectivity index (χ1v) is 8.41. The van der Waals surface area contributed by atoms with Gasteiger partial charge in [-0.1, -0.05) is 6.07 Å². The average Bonchev–Trinajstić information content (AvgIpc) is 2.85. The van der Waals surface area contributed by atoms with Crippen LogP contribution in [0.1, 0.15) is 30.9 Å². The maximum Gasteiger partial charge on any atom is 0.241 e. The van der Waals surface area contributed by atoms with E-state index in [2.05, 4.69) is 10.0 Å². The van der Waals surface area contributed by atoms with Crippen LogP contribution < -0.4 is 10.0 Å². The zero-order valence-corrected chi connectivity index (χ0v) is 12.4. The second kappa shape index (κ2) is 5.11. The standard InChI is InChI=1S/C14H20N2O3S/c1-14(4-6-19-7-5-14)16-20(17,18)13-3-2-11-9-15-10-12(11)8-13/h2-3,8,15-16H,4-7,9-10H2,1H3. The van der Waals surface area contributed by atoms with Crippen LogP contribution in [0, 0.1) is 0 Å². The molecule has 0 spiro atoms. The maximum absolute atomic E-state index is 12.5. The molecule has 110 valence electrons. The van der Waals surface area contributed by atoms with E-state index < -0.39 is 15.6 Å². The predicted molar refractivity (Wildman–Crippen MR) is 75.8 cm³/mol. The Morgan fingerprint density at radius 1 is 1.20 bits per heavy atom. The molecule has 0 atom stereocenters. The Balaban J connectivity index is 1.84. The summed E-state index contributed by atoms with van der Waals surface area (Å²) in [6.07, 6.45) is 1.41. The first-order chi connectivity index (χ1) is 9.49. The van der Waals surface area contributed by atoms with Gasteiger partial charge < -0.3 is 10.1 Å². The van der Waals surface area contributed by atoms with Crippen LogP contribution in [0.4, 0.5) is 0 Å². The van der Waals surface area contributed by atoms with Gasteiger partial charge in [0.25, 0.3) is 0 Å². The quantitative estimate of drug-likeness (QED) is 0.877. The molecule has 0 saturated carbocycles. The van der Waals surface area contributed by atoms with Crippen molar-refractivity contribution in [1.29, 1.82) is 0 Å². The van der Waals surface area contributed by atoms with E-state index in [9.17, 15) is 8.42 Å². The summed E-state index contributed by atoms with van der Waals surface area (Å²) in [4.78, 5) is 0.354. The fourth-order valence-corrected chi connectivity index (χ4v) is 4.26. The van der Waals surface area contributed by atoms with Crippen LogP contribution in [0.5, 0.6) is 0 Å². The maximum atomic E-state index is 12.5. The number of ether oxygens (including phenoxy) is 1. The second-order valence-corrected chi connectivity index (χ2v) is 7.50. The van der Waals surface area contributed by atoms with Crippen molar-refractivity contribution in [2.75, 3.05) is 13.2 Å². The summed E-state index contributed by atoms with van der Waals surface area (Å²) in [5, 5.41) is 3.22. The Morgan fingerprint density at radius 3 is 2.65 bits per heavy atom. The molecule has 0 unspecified atom stereocenters. The molecule has 1 fully saturated rings.